The molecule has 110 valence electrons. The van der Waals surface area contributed by atoms with E-state index in [0.29, 0.717) is 18.9 Å². The van der Waals surface area contributed by atoms with Crippen molar-refractivity contribution in [1.82, 2.24) is 5.32 Å². The predicted octanol–water partition coefficient (Wildman–Crippen LogP) is 2.65. The van der Waals surface area contributed by atoms with E-state index in [9.17, 15) is 4.79 Å². The standard InChI is InChI=1S/C17H19NO3/c1-14(21-16-10-6-3-7-11-16)17(19)18-12-13-20-15-8-4-2-5-9-15/h2-11,14H,12-13H2,1H3,(H,18,19). The zero-order valence-corrected chi connectivity index (χ0v) is 12.0. The number of benzene rings is 2. The van der Waals surface area contributed by atoms with Gasteiger partial charge in [-0.05, 0) is 31.2 Å². The van der Waals surface area contributed by atoms with Crippen LogP contribution in [0, 0.1) is 0 Å². The third kappa shape index (κ3) is 5.18. The molecule has 1 unspecified atom stereocenters. The van der Waals surface area contributed by atoms with Gasteiger partial charge in [0.1, 0.15) is 18.1 Å². The third-order valence-corrected chi connectivity index (χ3v) is 2.84. The van der Waals surface area contributed by atoms with Crippen molar-refractivity contribution in [2.24, 2.45) is 0 Å². The Morgan fingerprint density at radius 1 is 1.00 bits per heavy atom. The van der Waals surface area contributed by atoms with Crippen LogP contribution in [0.2, 0.25) is 0 Å². The highest BCUT2D eigenvalue weighted by atomic mass is 16.5. The molecular formula is C17H19NO3. The topological polar surface area (TPSA) is 47.6 Å². The number of hydrogen-bond acceptors (Lipinski definition) is 3. The van der Waals surface area contributed by atoms with Gasteiger partial charge in [-0.3, -0.25) is 4.79 Å². The zero-order valence-electron chi connectivity index (χ0n) is 12.0. The quantitative estimate of drug-likeness (QED) is 0.796. The average molecular weight is 285 g/mol. The molecule has 2 rings (SSSR count). The van der Waals surface area contributed by atoms with E-state index in [0.717, 1.165) is 5.75 Å². The van der Waals surface area contributed by atoms with Crippen LogP contribution < -0.4 is 14.8 Å². The maximum absolute atomic E-state index is 11.9. The Morgan fingerprint density at radius 3 is 2.19 bits per heavy atom. The highest BCUT2D eigenvalue weighted by molar-refractivity contribution is 5.80. The summed E-state index contributed by atoms with van der Waals surface area (Å²) in [5.41, 5.74) is 0. The smallest absolute Gasteiger partial charge is 0.260 e. The monoisotopic (exact) mass is 285 g/mol. The molecule has 1 atom stereocenters. The van der Waals surface area contributed by atoms with Crippen LogP contribution in [0.25, 0.3) is 0 Å². The summed E-state index contributed by atoms with van der Waals surface area (Å²) in [6.07, 6.45) is -0.538. The molecule has 0 saturated heterocycles. The summed E-state index contributed by atoms with van der Waals surface area (Å²) >= 11 is 0. The summed E-state index contributed by atoms with van der Waals surface area (Å²) in [5.74, 6) is 1.32. The van der Waals surface area contributed by atoms with E-state index in [2.05, 4.69) is 5.32 Å². The van der Waals surface area contributed by atoms with E-state index in [1.165, 1.54) is 0 Å². The van der Waals surface area contributed by atoms with Crippen molar-refractivity contribution in [3.63, 3.8) is 0 Å². The molecule has 1 amide bonds. The van der Waals surface area contributed by atoms with E-state index >= 15 is 0 Å². The van der Waals surface area contributed by atoms with Crippen molar-refractivity contribution in [3.05, 3.63) is 60.7 Å². The first-order valence-electron chi connectivity index (χ1n) is 6.93. The summed E-state index contributed by atoms with van der Waals surface area (Å²) in [6.45, 7) is 2.59. The van der Waals surface area contributed by atoms with Gasteiger partial charge in [-0.2, -0.15) is 0 Å². The Balaban J connectivity index is 1.67. The number of carbonyl (C=O) groups is 1. The van der Waals surface area contributed by atoms with E-state index in [1.54, 1.807) is 6.92 Å². The normalized spacial score (nSPS) is 11.5. The lowest BCUT2D eigenvalue weighted by molar-refractivity contribution is -0.127. The highest BCUT2D eigenvalue weighted by Gasteiger charge is 2.13. The van der Waals surface area contributed by atoms with Crippen molar-refractivity contribution in [1.29, 1.82) is 0 Å². The van der Waals surface area contributed by atoms with Crippen molar-refractivity contribution in [2.75, 3.05) is 13.2 Å². The number of nitrogens with one attached hydrogen (secondary N) is 1. The first kappa shape index (κ1) is 14.9. The van der Waals surface area contributed by atoms with Crippen LogP contribution in [0.4, 0.5) is 0 Å². The van der Waals surface area contributed by atoms with Gasteiger partial charge < -0.3 is 14.8 Å². The van der Waals surface area contributed by atoms with Crippen molar-refractivity contribution in [3.8, 4) is 11.5 Å². The molecule has 0 aliphatic carbocycles. The molecule has 0 heterocycles. The third-order valence-electron chi connectivity index (χ3n) is 2.84. The number of rotatable bonds is 7. The largest absolute Gasteiger partial charge is 0.492 e. The van der Waals surface area contributed by atoms with Crippen molar-refractivity contribution >= 4 is 5.91 Å². The van der Waals surface area contributed by atoms with Gasteiger partial charge >= 0.3 is 0 Å². The molecule has 4 heteroatoms. The molecule has 1 N–H and O–H groups in total. The molecule has 0 aromatic heterocycles. The minimum absolute atomic E-state index is 0.157. The minimum atomic E-state index is -0.538. The molecular weight excluding hydrogens is 266 g/mol. The van der Waals surface area contributed by atoms with Gasteiger partial charge in [0.15, 0.2) is 6.10 Å². The molecule has 0 spiro atoms. The average Bonchev–Trinajstić information content (AvgIpc) is 2.53. The lowest BCUT2D eigenvalue weighted by atomic mass is 10.3. The van der Waals surface area contributed by atoms with Gasteiger partial charge in [0.2, 0.25) is 0 Å². The van der Waals surface area contributed by atoms with Gasteiger partial charge in [-0.15, -0.1) is 0 Å². The Kier molecular flexibility index (Phi) is 5.64. The van der Waals surface area contributed by atoms with Gasteiger partial charge in [0.25, 0.3) is 5.91 Å². The number of amides is 1. The lowest BCUT2D eigenvalue weighted by Gasteiger charge is -2.14. The maximum Gasteiger partial charge on any atom is 0.260 e. The van der Waals surface area contributed by atoms with Crippen molar-refractivity contribution < 1.29 is 14.3 Å². The fraction of sp³-hybridized carbons (Fsp3) is 0.235. The minimum Gasteiger partial charge on any atom is -0.492 e. The SMILES string of the molecule is CC(Oc1ccccc1)C(=O)NCCOc1ccccc1. The fourth-order valence-electron chi connectivity index (χ4n) is 1.76. The first-order chi connectivity index (χ1) is 10.3. The van der Waals surface area contributed by atoms with Crippen LogP contribution in [0.15, 0.2) is 60.7 Å². The molecule has 21 heavy (non-hydrogen) atoms. The fourth-order valence-corrected chi connectivity index (χ4v) is 1.76. The second-order valence-electron chi connectivity index (χ2n) is 4.53. The predicted molar refractivity (Wildman–Crippen MR) is 81.5 cm³/mol. The van der Waals surface area contributed by atoms with E-state index in [-0.39, 0.29) is 5.91 Å². The van der Waals surface area contributed by atoms with Crippen LogP contribution in [-0.2, 0) is 4.79 Å². The summed E-state index contributed by atoms with van der Waals surface area (Å²) in [4.78, 5) is 11.9. The first-order valence-corrected chi connectivity index (χ1v) is 6.93. The summed E-state index contributed by atoms with van der Waals surface area (Å²) < 4.78 is 11.0. The van der Waals surface area contributed by atoms with Gasteiger partial charge in [0, 0.05) is 0 Å². The molecule has 2 aromatic carbocycles. The molecule has 4 nitrogen and oxygen atoms in total. The molecule has 0 fully saturated rings. The number of ether oxygens (including phenoxy) is 2. The Bertz CT molecular complexity index is 542. The van der Waals surface area contributed by atoms with Crippen LogP contribution in [0.5, 0.6) is 11.5 Å². The van der Waals surface area contributed by atoms with Gasteiger partial charge in [0.05, 0.1) is 6.54 Å². The molecule has 0 bridgehead atoms. The van der Waals surface area contributed by atoms with Crippen LogP contribution in [0.1, 0.15) is 6.92 Å². The van der Waals surface area contributed by atoms with E-state index in [1.807, 2.05) is 60.7 Å². The van der Waals surface area contributed by atoms with Crippen molar-refractivity contribution in [2.45, 2.75) is 13.0 Å². The molecule has 0 aliphatic heterocycles. The zero-order chi connectivity index (χ0) is 14.9. The Hall–Kier alpha value is -2.49. The van der Waals surface area contributed by atoms with E-state index in [4.69, 9.17) is 9.47 Å². The maximum atomic E-state index is 11.9. The summed E-state index contributed by atoms with van der Waals surface area (Å²) in [6, 6.07) is 18.8. The second kappa shape index (κ2) is 7.94. The molecule has 0 aliphatic rings. The number of hydrogen-bond donors (Lipinski definition) is 1. The molecule has 0 radical (unpaired) electrons. The van der Waals surface area contributed by atoms with Crippen LogP contribution >= 0.6 is 0 Å². The highest BCUT2D eigenvalue weighted by Crippen LogP contribution is 2.10. The molecule has 2 aromatic rings. The number of carbonyl (C=O) groups excluding carboxylic acids is 1. The lowest BCUT2D eigenvalue weighted by Crippen LogP contribution is -2.38. The summed E-state index contributed by atoms with van der Waals surface area (Å²) in [5, 5.41) is 2.78. The van der Waals surface area contributed by atoms with Crippen LogP contribution in [0.3, 0.4) is 0 Å². The Labute approximate surface area is 124 Å². The van der Waals surface area contributed by atoms with Gasteiger partial charge in [-0.25, -0.2) is 0 Å². The van der Waals surface area contributed by atoms with Gasteiger partial charge in [-0.1, -0.05) is 36.4 Å². The number of para-hydroxylation sites is 2. The van der Waals surface area contributed by atoms with Crippen LogP contribution in [-0.4, -0.2) is 25.2 Å². The second-order valence-corrected chi connectivity index (χ2v) is 4.53. The molecule has 0 saturated carbocycles. The Morgan fingerprint density at radius 2 is 1.57 bits per heavy atom. The summed E-state index contributed by atoms with van der Waals surface area (Å²) in [7, 11) is 0. The van der Waals surface area contributed by atoms with E-state index < -0.39 is 6.10 Å².